The van der Waals surface area contributed by atoms with E-state index in [2.05, 4.69) is 5.32 Å². The molecule has 0 aromatic heterocycles. The van der Waals surface area contributed by atoms with Gasteiger partial charge in [0.05, 0.1) is 39.1 Å². The number of anilines is 1. The lowest BCUT2D eigenvalue weighted by molar-refractivity contribution is -0.394. The predicted octanol–water partition coefficient (Wildman–Crippen LogP) is 3.45. The fraction of sp³-hybridized carbons (Fsp3) is 0.188. The summed E-state index contributed by atoms with van der Waals surface area (Å²) in [5.74, 6) is -0.741. The molecule has 12 nitrogen and oxygen atoms in total. The predicted molar refractivity (Wildman–Crippen MR) is 96.6 cm³/mol. The standard InChI is InChI=1S/C16H14N4O8/c1-2-5-28-13-3-4-14(15(9-13)20(26)27)17-16(21)10-6-11(18(22)23)8-12(7-10)19(24)25/h3-4,6-9H,2,5H2,1H3,(H,17,21). The van der Waals surface area contributed by atoms with E-state index in [0.717, 1.165) is 18.2 Å². The third-order valence-electron chi connectivity index (χ3n) is 3.47. The quantitative estimate of drug-likeness (QED) is 0.528. The smallest absolute Gasteiger partial charge is 0.296 e. The number of benzene rings is 2. The van der Waals surface area contributed by atoms with Crippen LogP contribution in [0.2, 0.25) is 0 Å². The molecule has 12 heteroatoms. The molecule has 0 unspecified atom stereocenters. The Hall–Kier alpha value is -4.09. The van der Waals surface area contributed by atoms with E-state index >= 15 is 0 Å². The van der Waals surface area contributed by atoms with Gasteiger partial charge in [-0.1, -0.05) is 6.92 Å². The molecule has 0 saturated heterocycles. The number of nitro benzene ring substituents is 3. The number of nitrogens with zero attached hydrogens (tertiary/aromatic N) is 3. The van der Waals surface area contributed by atoms with Crippen LogP contribution in [0.4, 0.5) is 22.7 Å². The highest BCUT2D eigenvalue weighted by molar-refractivity contribution is 6.06. The summed E-state index contributed by atoms with van der Waals surface area (Å²) in [5.41, 5.74) is -2.34. The van der Waals surface area contributed by atoms with Gasteiger partial charge < -0.3 is 10.1 Å². The van der Waals surface area contributed by atoms with Crippen molar-refractivity contribution in [1.29, 1.82) is 0 Å². The molecular formula is C16H14N4O8. The van der Waals surface area contributed by atoms with Crippen molar-refractivity contribution in [2.45, 2.75) is 13.3 Å². The second-order valence-electron chi connectivity index (χ2n) is 5.49. The average molecular weight is 390 g/mol. The van der Waals surface area contributed by atoms with E-state index in [1.165, 1.54) is 12.1 Å². The molecule has 0 bridgehead atoms. The van der Waals surface area contributed by atoms with Crippen molar-refractivity contribution in [3.05, 3.63) is 72.3 Å². The van der Waals surface area contributed by atoms with Gasteiger partial charge in [-0.3, -0.25) is 35.1 Å². The second-order valence-corrected chi connectivity index (χ2v) is 5.49. The van der Waals surface area contributed by atoms with Crippen molar-refractivity contribution < 1.29 is 24.3 Å². The number of hydrogen-bond donors (Lipinski definition) is 1. The summed E-state index contributed by atoms with van der Waals surface area (Å²) in [5, 5.41) is 35.4. The number of nitrogens with one attached hydrogen (secondary N) is 1. The lowest BCUT2D eigenvalue weighted by Gasteiger charge is -2.09. The third-order valence-corrected chi connectivity index (χ3v) is 3.47. The summed E-state index contributed by atoms with van der Waals surface area (Å²) in [6, 6.07) is 6.17. The molecule has 2 aromatic carbocycles. The highest BCUT2D eigenvalue weighted by atomic mass is 16.6. The summed E-state index contributed by atoms with van der Waals surface area (Å²) in [6.45, 7) is 2.21. The SMILES string of the molecule is CCCOc1ccc(NC(=O)c2cc([N+](=O)[O-])cc([N+](=O)[O-])c2)c([N+](=O)[O-])c1. The largest absolute Gasteiger partial charge is 0.493 e. The van der Waals surface area contributed by atoms with E-state index in [9.17, 15) is 35.1 Å². The molecule has 0 radical (unpaired) electrons. The van der Waals surface area contributed by atoms with Gasteiger partial charge in [0.1, 0.15) is 11.4 Å². The number of carbonyl (C=O) groups is 1. The first-order chi connectivity index (χ1) is 13.2. The molecule has 0 saturated carbocycles. The first-order valence-corrected chi connectivity index (χ1v) is 7.89. The molecule has 0 aliphatic heterocycles. The second kappa shape index (κ2) is 8.53. The van der Waals surface area contributed by atoms with Crippen molar-refractivity contribution in [2.24, 2.45) is 0 Å². The van der Waals surface area contributed by atoms with Gasteiger partial charge in [0.15, 0.2) is 0 Å². The Morgan fingerprint density at radius 2 is 1.57 bits per heavy atom. The van der Waals surface area contributed by atoms with Crippen LogP contribution in [0.1, 0.15) is 23.7 Å². The molecule has 0 heterocycles. The highest BCUT2D eigenvalue weighted by Gasteiger charge is 2.22. The molecule has 2 rings (SSSR count). The van der Waals surface area contributed by atoms with Gasteiger partial charge >= 0.3 is 0 Å². The highest BCUT2D eigenvalue weighted by Crippen LogP contribution is 2.30. The van der Waals surface area contributed by atoms with Crippen LogP contribution in [0, 0.1) is 30.3 Å². The van der Waals surface area contributed by atoms with Crippen molar-refractivity contribution in [2.75, 3.05) is 11.9 Å². The van der Waals surface area contributed by atoms with E-state index in [1.54, 1.807) is 0 Å². The van der Waals surface area contributed by atoms with Gasteiger partial charge in [0, 0.05) is 12.1 Å². The molecule has 0 atom stereocenters. The van der Waals surface area contributed by atoms with Crippen LogP contribution in [0.5, 0.6) is 5.75 Å². The Bertz CT molecular complexity index is 927. The fourth-order valence-electron chi connectivity index (χ4n) is 2.21. The van der Waals surface area contributed by atoms with Gasteiger partial charge in [-0.15, -0.1) is 0 Å². The Labute approximate surface area is 157 Å². The van der Waals surface area contributed by atoms with Crippen LogP contribution in [0.3, 0.4) is 0 Å². The van der Waals surface area contributed by atoms with Gasteiger partial charge in [-0.05, 0) is 18.6 Å². The van der Waals surface area contributed by atoms with E-state index in [1.807, 2.05) is 6.92 Å². The molecule has 1 N–H and O–H groups in total. The van der Waals surface area contributed by atoms with Crippen LogP contribution in [-0.2, 0) is 0 Å². The summed E-state index contributed by atoms with van der Waals surface area (Å²) < 4.78 is 5.31. The van der Waals surface area contributed by atoms with Crippen LogP contribution < -0.4 is 10.1 Å². The third kappa shape index (κ3) is 4.75. The number of carbonyl (C=O) groups excluding carboxylic acids is 1. The van der Waals surface area contributed by atoms with Gasteiger partial charge in [-0.2, -0.15) is 0 Å². The van der Waals surface area contributed by atoms with E-state index in [0.29, 0.717) is 19.1 Å². The fourth-order valence-corrected chi connectivity index (χ4v) is 2.21. The Morgan fingerprint density at radius 3 is 2.07 bits per heavy atom. The molecule has 0 aliphatic carbocycles. The summed E-state index contributed by atoms with van der Waals surface area (Å²) >= 11 is 0. The monoisotopic (exact) mass is 390 g/mol. The molecule has 1 amide bonds. The molecule has 2 aromatic rings. The summed E-state index contributed by atoms with van der Waals surface area (Å²) in [6.07, 6.45) is 0.692. The maximum Gasteiger partial charge on any atom is 0.296 e. The van der Waals surface area contributed by atoms with Gasteiger partial charge in [0.25, 0.3) is 23.0 Å². The Morgan fingerprint density at radius 1 is 0.964 bits per heavy atom. The van der Waals surface area contributed by atoms with Gasteiger partial charge in [0.2, 0.25) is 0 Å². The van der Waals surface area contributed by atoms with Crippen molar-refractivity contribution in [1.82, 2.24) is 0 Å². The number of nitro groups is 3. The molecule has 0 aliphatic rings. The van der Waals surface area contributed by atoms with Crippen molar-refractivity contribution in [3.63, 3.8) is 0 Å². The number of hydrogen-bond acceptors (Lipinski definition) is 8. The molecular weight excluding hydrogens is 376 g/mol. The zero-order valence-corrected chi connectivity index (χ0v) is 14.5. The van der Waals surface area contributed by atoms with Crippen LogP contribution in [-0.4, -0.2) is 27.3 Å². The van der Waals surface area contributed by atoms with E-state index in [-0.39, 0.29) is 17.0 Å². The van der Waals surface area contributed by atoms with Crippen molar-refractivity contribution in [3.8, 4) is 5.75 Å². The molecule has 0 spiro atoms. The summed E-state index contributed by atoms with van der Waals surface area (Å²) in [4.78, 5) is 43.0. The lowest BCUT2D eigenvalue weighted by Crippen LogP contribution is -2.14. The first kappa shape index (κ1) is 20.2. The normalized spacial score (nSPS) is 10.2. The topological polar surface area (TPSA) is 168 Å². The maximum absolute atomic E-state index is 12.4. The Balaban J connectivity index is 2.38. The lowest BCUT2D eigenvalue weighted by atomic mass is 10.1. The zero-order valence-electron chi connectivity index (χ0n) is 14.5. The van der Waals surface area contributed by atoms with Crippen molar-refractivity contribution >= 4 is 28.7 Å². The van der Waals surface area contributed by atoms with Crippen LogP contribution in [0.25, 0.3) is 0 Å². The van der Waals surface area contributed by atoms with Gasteiger partial charge in [-0.25, -0.2) is 0 Å². The molecule has 146 valence electrons. The Kier molecular flexibility index (Phi) is 6.16. The summed E-state index contributed by atoms with van der Waals surface area (Å²) in [7, 11) is 0. The first-order valence-electron chi connectivity index (χ1n) is 7.89. The minimum absolute atomic E-state index is 0.187. The minimum atomic E-state index is -0.975. The van der Waals surface area contributed by atoms with E-state index in [4.69, 9.17) is 4.74 Å². The molecule has 0 fully saturated rings. The van der Waals surface area contributed by atoms with Crippen LogP contribution >= 0.6 is 0 Å². The average Bonchev–Trinajstić information content (AvgIpc) is 2.66. The number of ether oxygens (including phenoxy) is 1. The van der Waals surface area contributed by atoms with Crippen LogP contribution in [0.15, 0.2) is 36.4 Å². The molecule has 28 heavy (non-hydrogen) atoms. The zero-order chi connectivity index (χ0) is 20.8. The van der Waals surface area contributed by atoms with E-state index < -0.39 is 37.7 Å². The number of non-ortho nitro benzene ring substituents is 2. The number of amides is 1. The minimum Gasteiger partial charge on any atom is -0.493 e. The number of rotatable bonds is 8. The maximum atomic E-state index is 12.4.